The standard InChI is InChI=1S/C11H18N6O9P2/c1-24-8-7(18)5(2-25-28(22,23)16-27(19,20)21)26-11(8)17-4-15-6-9(12)13-3-14-10(6)17/h3-5,7-8,11,18H,2H2,1H3,(H2,12,13,14)(H4,16,19,20,21,22,23)/t5-,7-,8-,11-/m1/s1. The van der Waals surface area contributed by atoms with Gasteiger partial charge in [0.15, 0.2) is 17.7 Å². The Balaban J connectivity index is 1.79. The van der Waals surface area contributed by atoms with Gasteiger partial charge in [0.1, 0.15) is 30.2 Å². The van der Waals surface area contributed by atoms with E-state index in [1.54, 1.807) is 0 Å². The summed E-state index contributed by atoms with van der Waals surface area (Å²) < 4.78 is 39.5. The molecule has 1 unspecified atom stereocenters. The molecule has 0 amide bonds. The average Bonchev–Trinajstić information content (AvgIpc) is 3.12. The molecule has 1 aliphatic rings. The summed E-state index contributed by atoms with van der Waals surface area (Å²) in [6.07, 6.45) is -1.77. The predicted molar refractivity (Wildman–Crippen MR) is 91.4 cm³/mol. The van der Waals surface area contributed by atoms with E-state index in [9.17, 15) is 19.1 Å². The fourth-order valence-electron chi connectivity index (χ4n) is 2.76. The van der Waals surface area contributed by atoms with Crippen molar-refractivity contribution in [3.63, 3.8) is 0 Å². The highest BCUT2D eigenvalue weighted by molar-refractivity contribution is 7.66. The molecule has 0 saturated carbocycles. The number of nitrogens with one attached hydrogen (secondary N) is 1. The zero-order chi connectivity index (χ0) is 20.7. The van der Waals surface area contributed by atoms with Crippen LogP contribution < -0.4 is 10.6 Å². The summed E-state index contributed by atoms with van der Waals surface area (Å²) in [7, 11) is -8.55. The summed E-state index contributed by atoms with van der Waals surface area (Å²) in [5.41, 5.74) is 6.35. The van der Waals surface area contributed by atoms with E-state index < -0.39 is 46.6 Å². The molecule has 0 spiro atoms. The Bertz CT molecular complexity index is 950. The molecule has 156 valence electrons. The lowest BCUT2D eigenvalue weighted by Crippen LogP contribution is -2.35. The lowest BCUT2D eigenvalue weighted by Gasteiger charge is -2.19. The van der Waals surface area contributed by atoms with Gasteiger partial charge >= 0.3 is 15.5 Å². The van der Waals surface area contributed by atoms with Gasteiger partial charge < -0.3 is 35.0 Å². The molecule has 3 rings (SSSR count). The van der Waals surface area contributed by atoms with E-state index in [0.717, 1.165) is 0 Å². The first-order chi connectivity index (χ1) is 13.0. The fourth-order valence-corrected chi connectivity index (χ4v) is 4.66. The molecular weight excluding hydrogens is 422 g/mol. The number of hydrogen-bond acceptors (Lipinski definition) is 10. The largest absolute Gasteiger partial charge is 0.412 e. The Hall–Kier alpha value is -1.51. The normalized spacial score (nSPS) is 27.9. The van der Waals surface area contributed by atoms with Crippen molar-refractivity contribution in [2.24, 2.45) is 0 Å². The number of aliphatic hydroxyl groups excluding tert-OH is 1. The third-order valence-corrected chi connectivity index (χ3v) is 6.47. The molecule has 3 heterocycles. The lowest BCUT2D eigenvalue weighted by atomic mass is 10.1. The van der Waals surface area contributed by atoms with Crippen LogP contribution in [0.4, 0.5) is 5.82 Å². The molecule has 28 heavy (non-hydrogen) atoms. The van der Waals surface area contributed by atoms with E-state index in [2.05, 4.69) is 19.5 Å². The zero-order valence-corrected chi connectivity index (χ0v) is 16.1. The van der Waals surface area contributed by atoms with Crippen LogP contribution in [0.1, 0.15) is 6.23 Å². The van der Waals surface area contributed by atoms with E-state index in [1.165, 1.54) is 29.2 Å². The minimum absolute atomic E-state index is 0.140. The quantitative estimate of drug-likeness (QED) is 0.269. The molecule has 5 atom stereocenters. The number of nitrogens with two attached hydrogens (primary N) is 1. The fraction of sp³-hybridized carbons (Fsp3) is 0.545. The summed E-state index contributed by atoms with van der Waals surface area (Å²) in [6.45, 7) is -0.665. The smallest absolute Gasteiger partial charge is 0.387 e. The first-order valence-corrected chi connectivity index (χ1v) is 10.8. The SMILES string of the molecule is CO[C@@H]1[C@H](O)[C@@H](COP(=O)(O)NP(=O)(O)O)O[C@H]1n1cnc2c(N)ncnc21. The second-order valence-corrected chi connectivity index (χ2v) is 8.99. The number of hydrogen-bond donors (Lipinski definition) is 6. The number of fused-ring (bicyclic) bond motifs is 1. The number of nitrogens with zero attached hydrogens (tertiary/aromatic N) is 4. The van der Waals surface area contributed by atoms with Crippen LogP contribution in [0.15, 0.2) is 12.7 Å². The summed E-state index contributed by atoms with van der Waals surface area (Å²) in [6, 6.07) is 0. The van der Waals surface area contributed by atoms with Crippen LogP contribution in [-0.2, 0) is 23.1 Å². The van der Waals surface area contributed by atoms with Crippen molar-refractivity contribution in [1.29, 1.82) is 0 Å². The Morgan fingerprint density at radius 3 is 2.68 bits per heavy atom. The van der Waals surface area contributed by atoms with Gasteiger partial charge in [-0.3, -0.25) is 9.09 Å². The van der Waals surface area contributed by atoms with Gasteiger partial charge in [-0.05, 0) is 0 Å². The number of anilines is 1. The van der Waals surface area contributed by atoms with Crippen molar-refractivity contribution in [3.05, 3.63) is 12.7 Å². The number of ether oxygens (including phenoxy) is 2. The van der Waals surface area contributed by atoms with Gasteiger partial charge in [-0.2, -0.15) is 0 Å². The monoisotopic (exact) mass is 440 g/mol. The molecule has 1 fully saturated rings. The van der Waals surface area contributed by atoms with E-state index in [1.807, 2.05) is 0 Å². The molecule has 7 N–H and O–H groups in total. The number of aromatic nitrogens is 4. The van der Waals surface area contributed by atoms with Crippen LogP contribution in [0, 0.1) is 0 Å². The molecule has 17 heteroatoms. The minimum Gasteiger partial charge on any atom is -0.387 e. The minimum atomic E-state index is -5.02. The summed E-state index contributed by atoms with van der Waals surface area (Å²) >= 11 is 0. The van der Waals surface area contributed by atoms with Gasteiger partial charge in [-0.15, -0.1) is 4.86 Å². The van der Waals surface area contributed by atoms with Crippen LogP contribution in [0.5, 0.6) is 0 Å². The van der Waals surface area contributed by atoms with Gasteiger partial charge in [0.05, 0.1) is 12.9 Å². The highest BCUT2D eigenvalue weighted by Crippen LogP contribution is 2.49. The van der Waals surface area contributed by atoms with Crippen LogP contribution in [0.2, 0.25) is 0 Å². The third-order valence-electron chi connectivity index (χ3n) is 3.92. The number of nitrogen functional groups attached to an aromatic ring is 1. The van der Waals surface area contributed by atoms with Crippen LogP contribution in [0.3, 0.4) is 0 Å². The highest BCUT2D eigenvalue weighted by Gasteiger charge is 2.46. The first kappa shape index (κ1) is 21.2. The Kier molecular flexibility index (Phi) is 5.85. The third kappa shape index (κ3) is 4.39. The van der Waals surface area contributed by atoms with Crippen molar-refractivity contribution in [1.82, 2.24) is 24.4 Å². The molecule has 15 nitrogen and oxygen atoms in total. The van der Waals surface area contributed by atoms with E-state index in [0.29, 0.717) is 11.2 Å². The van der Waals surface area contributed by atoms with Crippen molar-refractivity contribution in [2.75, 3.05) is 19.5 Å². The van der Waals surface area contributed by atoms with Crippen molar-refractivity contribution < 1.29 is 42.9 Å². The molecule has 0 aliphatic carbocycles. The Morgan fingerprint density at radius 2 is 2.04 bits per heavy atom. The van der Waals surface area contributed by atoms with Gasteiger partial charge in [0, 0.05) is 7.11 Å². The predicted octanol–water partition coefficient (Wildman–Crippen LogP) is -1.52. The Labute approximate surface area is 157 Å². The first-order valence-electron chi connectivity index (χ1n) is 7.64. The Morgan fingerprint density at radius 1 is 1.32 bits per heavy atom. The molecule has 0 aromatic carbocycles. The topological polar surface area (TPSA) is 224 Å². The number of imidazole rings is 1. The van der Waals surface area contributed by atoms with Crippen molar-refractivity contribution in [3.8, 4) is 0 Å². The van der Waals surface area contributed by atoms with Gasteiger partial charge in [-0.25, -0.2) is 24.1 Å². The molecule has 1 saturated heterocycles. The van der Waals surface area contributed by atoms with Gasteiger partial charge in [0.2, 0.25) is 0 Å². The summed E-state index contributed by atoms with van der Waals surface area (Å²) in [5.74, 6) is 0.140. The summed E-state index contributed by atoms with van der Waals surface area (Å²) in [4.78, 5) is 40.1. The van der Waals surface area contributed by atoms with E-state index in [4.69, 9.17) is 25.0 Å². The number of aliphatic hydroxyl groups is 1. The zero-order valence-electron chi connectivity index (χ0n) is 14.3. The molecule has 1 aliphatic heterocycles. The molecule has 0 radical (unpaired) electrons. The second kappa shape index (κ2) is 7.72. The maximum absolute atomic E-state index is 11.7. The maximum Gasteiger partial charge on any atom is 0.412 e. The highest BCUT2D eigenvalue weighted by atomic mass is 31.3. The number of rotatable bonds is 7. The lowest BCUT2D eigenvalue weighted by molar-refractivity contribution is -0.0567. The van der Waals surface area contributed by atoms with Crippen molar-refractivity contribution in [2.45, 2.75) is 24.5 Å². The van der Waals surface area contributed by atoms with E-state index in [-0.39, 0.29) is 5.82 Å². The van der Waals surface area contributed by atoms with Crippen LogP contribution in [-0.4, -0.2) is 71.3 Å². The maximum atomic E-state index is 11.7. The molecular formula is C11H18N6O9P2. The van der Waals surface area contributed by atoms with Gasteiger partial charge in [0.25, 0.3) is 0 Å². The van der Waals surface area contributed by atoms with Crippen molar-refractivity contribution >= 4 is 32.5 Å². The summed E-state index contributed by atoms with van der Waals surface area (Å²) in [5, 5.41) is 10.4. The molecule has 0 bridgehead atoms. The van der Waals surface area contributed by atoms with E-state index >= 15 is 0 Å². The molecule has 2 aromatic rings. The van der Waals surface area contributed by atoms with Gasteiger partial charge in [-0.1, -0.05) is 0 Å². The second-order valence-electron chi connectivity index (χ2n) is 5.80. The molecule has 2 aromatic heterocycles. The average molecular weight is 440 g/mol. The van der Waals surface area contributed by atoms with Crippen LogP contribution >= 0.6 is 15.5 Å². The number of methoxy groups -OCH3 is 1. The van der Waals surface area contributed by atoms with Crippen LogP contribution in [0.25, 0.3) is 11.2 Å².